The average molecular weight is 241 g/mol. The molecule has 0 aromatic rings. The zero-order chi connectivity index (χ0) is 12.2. The van der Waals surface area contributed by atoms with Gasteiger partial charge in [-0.1, -0.05) is 0 Å². The van der Waals surface area contributed by atoms with Gasteiger partial charge in [0.25, 0.3) is 0 Å². The summed E-state index contributed by atoms with van der Waals surface area (Å²) in [5, 5.41) is 10.0. The van der Waals surface area contributed by atoms with E-state index >= 15 is 0 Å². The van der Waals surface area contributed by atoms with Crippen LogP contribution in [0.15, 0.2) is 16.5 Å². The largest absolute Gasteiger partial charge is 0.395 e. The van der Waals surface area contributed by atoms with E-state index in [1.54, 1.807) is 0 Å². The Labute approximate surface area is 85.2 Å². The van der Waals surface area contributed by atoms with Gasteiger partial charge in [0.15, 0.2) is 6.23 Å². The van der Waals surface area contributed by atoms with E-state index in [-0.39, 0.29) is 11.5 Å². The molecule has 0 aliphatic carbocycles. The summed E-state index contributed by atoms with van der Waals surface area (Å²) in [7, 11) is -4.67. The van der Waals surface area contributed by atoms with Gasteiger partial charge in [0.2, 0.25) is 0 Å². The van der Waals surface area contributed by atoms with Crippen LogP contribution in [-0.2, 0) is 10.4 Å². The maximum atomic E-state index is 9.06. The molecule has 0 saturated carbocycles. The Morgan fingerprint density at radius 1 is 1.40 bits per heavy atom. The minimum atomic E-state index is -4.67. The lowest BCUT2D eigenvalue weighted by atomic mass is 10.3. The SMILES string of the molecule is NC1=C(N)C(O)N(N)C=N1.O=S(=O)(O)O. The van der Waals surface area contributed by atoms with Gasteiger partial charge in [0.1, 0.15) is 17.9 Å². The fraction of sp³-hybridized carbons (Fsp3) is 0.250. The van der Waals surface area contributed by atoms with E-state index in [1.807, 2.05) is 0 Å². The van der Waals surface area contributed by atoms with Crippen LogP contribution in [0.4, 0.5) is 0 Å². The van der Waals surface area contributed by atoms with Gasteiger partial charge >= 0.3 is 10.4 Å². The van der Waals surface area contributed by atoms with E-state index in [4.69, 9.17) is 39.9 Å². The molecule has 0 spiro atoms. The summed E-state index contributed by atoms with van der Waals surface area (Å²) in [5.74, 6) is 5.30. The van der Waals surface area contributed by atoms with Crippen molar-refractivity contribution in [2.24, 2.45) is 22.3 Å². The van der Waals surface area contributed by atoms with Crippen molar-refractivity contribution >= 4 is 16.7 Å². The molecule has 1 aliphatic heterocycles. The van der Waals surface area contributed by atoms with Crippen LogP contribution in [0.25, 0.3) is 0 Å². The van der Waals surface area contributed by atoms with Crippen molar-refractivity contribution in [1.82, 2.24) is 5.01 Å². The van der Waals surface area contributed by atoms with Gasteiger partial charge in [0, 0.05) is 0 Å². The molecule has 0 fully saturated rings. The summed E-state index contributed by atoms with van der Waals surface area (Å²) in [6.45, 7) is 0. The number of aliphatic hydroxyl groups is 1. The molecule has 1 unspecified atom stereocenters. The number of hydrazine groups is 1. The maximum absolute atomic E-state index is 9.06. The van der Waals surface area contributed by atoms with E-state index in [9.17, 15) is 0 Å². The highest BCUT2D eigenvalue weighted by molar-refractivity contribution is 7.79. The smallest absolute Gasteiger partial charge is 0.394 e. The highest BCUT2D eigenvalue weighted by Crippen LogP contribution is 2.05. The molecule has 88 valence electrons. The molecule has 0 radical (unpaired) electrons. The summed E-state index contributed by atoms with van der Waals surface area (Å²) in [4.78, 5) is 3.59. The number of aliphatic hydroxyl groups excluding tert-OH is 1. The normalized spacial score (nSPS) is 21.1. The molecule has 10 nitrogen and oxygen atoms in total. The summed E-state index contributed by atoms with van der Waals surface area (Å²) in [6.07, 6.45) is 0.147. The highest BCUT2D eigenvalue weighted by atomic mass is 32.3. The third-order valence-corrected chi connectivity index (χ3v) is 1.19. The molecular weight excluding hydrogens is 230 g/mol. The zero-order valence-corrected chi connectivity index (χ0v) is 8.16. The Hall–Kier alpha value is -1.40. The second kappa shape index (κ2) is 4.90. The number of hydrogen-bond acceptors (Lipinski definition) is 8. The molecule has 15 heavy (non-hydrogen) atoms. The predicted octanol–water partition coefficient (Wildman–Crippen LogP) is -3.04. The molecule has 1 aliphatic rings. The van der Waals surface area contributed by atoms with Crippen molar-refractivity contribution in [2.75, 3.05) is 0 Å². The quantitative estimate of drug-likeness (QED) is 0.189. The monoisotopic (exact) mass is 241 g/mol. The number of nitrogens with zero attached hydrogens (tertiary/aromatic N) is 2. The highest BCUT2D eigenvalue weighted by Gasteiger charge is 2.18. The van der Waals surface area contributed by atoms with Crippen LogP contribution >= 0.6 is 0 Å². The Bertz CT molecular complexity index is 367. The average Bonchev–Trinajstić information content (AvgIpc) is 2.05. The lowest BCUT2D eigenvalue weighted by Crippen LogP contribution is -2.46. The molecular formula is C4H11N5O5S. The first-order valence-electron chi connectivity index (χ1n) is 3.33. The molecule has 1 rings (SSSR count). The van der Waals surface area contributed by atoms with E-state index < -0.39 is 16.6 Å². The van der Waals surface area contributed by atoms with Gasteiger partial charge in [-0.25, -0.2) is 10.8 Å². The van der Waals surface area contributed by atoms with Crippen molar-refractivity contribution < 1.29 is 22.6 Å². The molecule has 0 aromatic carbocycles. The van der Waals surface area contributed by atoms with Gasteiger partial charge in [-0.05, 0) is 0 Å². The van der Waals surface area contributed by atoms with Crippen LogP contribution in [0.3, 0.4) is 0 Å². The fourth-order valence-electron chi connectivity index (χ4n) is 0.559. The molecule has 0 bridgehead atoms. The Balaban J connectivity index is 0.000000336. The van der Waals surface area contributed by atoms with Gasteiger partial charge in [0.05, 0.1) is 0 Å². The van der Waals surface area contributed by atoms with Crippen LogP contribution in [0.2, 0.25) is 0 Å². The van der Waals surface area contributed by atoms with Crippen molar-refractivity contribution in [3.05, 3.63) is 11.5 Å². The third-order valence-electron chi connectivity index (χ3n) is 1.19. The predicted molar refractivity (Wildman–Crippen MR) is 50.1 cm³/mol. The molecule has 11 heteroatoms. The second-order valence-electron chi connectivity index (χ2n) is 2.35. The van der Waals surface area contributed by atoms with Crippen molar-refractivity contribution in [2.45, 2.75) is 6.23 Å². The number of hydrogen-bond donors (Lipinski definition) is 6. The first-order chi connectivity index (χ1) is 6.63. The topological polar surface area (TPSA) is 188 Å². The third kappa shape index (κ3) is 5.82. The second-order valence-corrected chi connectivity index (χ2v) is 3.25. The van der Waals surface area contributed by atoms with Gasteiger partial charge < -0.3 is 16.6 Å². The number of nitrogens with two attached hydrogens (primary N) is 3. The van der Waals surface area contributed by atoms with Crippen LogP contribution in [0.1, 0.15) is 0 Å². The standard InChI is InChI=1S/C4H9N5O.H2O4S/c5-2-3(6)8-1-9(7)4(2)10;1-5(2,3)4/h1,4,10H,5-7H2;(H2,1,2,3,4). The number of rotatable bonds is 0. The van der Waals surface area contributed by atoms with Crippen LogP contribution in [-0.4, -0.2) is 40.2 Å². The molecule has 0 aromatic heterocycles. The molecule has 1 atom stereocenters. The summed E-state index contributed by atoms with van der Waals surface area (Å²) >= 11 is 0. The van der Waals surface area contributed by atoms with E-state index in [0.29, 0.717) is 0 Å². The zero-order valence-electron chi connectivity index (χ0n) is 7.35. The van der Waals surface area contributed by atoms with Gasteiger partial charge in [-0.2, -0.15) is 8.42 Å². The molecule has 0 amide bonds. The van der Waals surface area contributed by atoms with Crippen LogP contribution in [0, 0.1) is 0 Å². The Morgan fingerprint density at radius 3 is 2.13 bits per heavy atom. The summed E-state index contributed by atoms with van der Waals surface area (Å²) in [5.41, 5.74) is 10.6. The van der Waals surface area contributed by atoms with E-state index in [1.165, 1.54) is 6.34 Å². The summed E-state index contributed by atoms with van der Waals surface area (Å²) < 4.78 is 31.6. The Kier molecular flexibility index (Phi) is 4.44. The van der Waals surface area contributed by atoms with E-state index in [2.05, 4.69) is 4.99 Å². The van der Waals surface area contributed by atoms with E-state index in [0.717, 1.165) is 5.01 Å². The first kappa shape index (κ1) is 13.6. The van der Waals surface area contributed by atoms with Crippen molar-refractivity contribution in [3.8, 4) is 0 Å². The maximum Gasteiger partial charge on any atom is 0.394 e. The first-order valence-corrected chi connectivity index (χ1v) is 4.73. The fourth-order valence-corrected chi connectivity index (χ4v) is 0.559. The lowest BCUT2D eigenvalue weighted by molar-refractivity contribution is 0.0844. The van der Waals surface area contributed by atoms with Crippen LogP contribution < -0.4 is 17.3 Å². The van der Waals surface area contributed by atoms with Crippen LogP contribution in [0.5, 0.6) is 0 Å². The molecule has 9 N–H and O–H groups in total. The minimum Gasteiger partial charge on any atom is -0.395 e. The lowest BCUT2D eigenvalue weighted by Gasteiger charge is -2.24. The van der Waals surface area contributed by atoms with Crippen molar-refractivity contribution in [1.29, 1.82) is 0 Å². The molecule has 1 heterocycles. The number of aliphatic imine (C=N–C) groups is 1. The van der Waals surface area contributed by atoms with Crippen molar-refractivity contribution in [3.63, 3.8) is 0 Å². The van der Waals surface area contributed by atoms with Gasteiger partial charge in [-0.15, -0.1) is 0 Å². The summed E-state index contributed by atoms with van der Waals surface area (Å²) in [6, 6.07) is 0. The minimum absolute atomic E-state index is 0.0741. The molecule has 0 saturated heterocycles. The van der Waals surface area contributed by atoms with Gasteiger partial charge in [-0.3, -0.25) is 14.1 Å². The Morgan fingerprint density at radius 2 is 1.80 bits per heavy atom.